The average molecular weight is 459 g/mol. The van der Waals surface area contributed by atoms with Gasteiger partial charge in [-0.1, -0.05) is 76.2 Å². The van der Waals surface area contributed by atoms with Gasteiger partial charge >= 0.3 is 0 Å². The Labute approximate surface area is 198 Å². The van der Waals surface area contributed by atoms with E-state index in [-0.39, 0.29) is 5.04 Å². The Bertz CT molecular complexity index is 1200. The summed E-state index contributed by atoms with van der Waals surface area (Å²) in [5.74, 6) is 1.16. The fourth-order valence-electron chi connectivity index (χ4n) is 3.85. The highest BCUT2D eigenvalue weighted by Gasteiger charge is 2.43. The Morgan fingerprint density at radius 3 is 2.27 bits per heavy atom. The molecule has 4 rings (SSSR count). The number of benzene rings is 2. The van der Waals surface area contributed by atoms with E-state index in [1.54, 1.807) is 0 Å². The molecule has 2 aromatic heterocycles. The molecule has 0 saturated carbocycles. The maximum absolute atomic E-state index is 6.69. The Morgan fingerprint density at radius 2 is 1.64 bits per heavy atom. The van der Waals surface area contributed by atoms with E-state index in [2.05, 4.69) is 74.9 Å². The zero-order chi connectivity index (χ0) is 23.6. The number of rotatable bonds is 8. The van der Waals surface area contributed by atoms with Crippen LogP contribution in [0.5, 0.6) is 0 Å². The van der Waals surface area contributed by atoms with Crippen LogP contribution in [0, 0.1) is 5.92 Å². The zero-order valence-electron chi connectivity index (χ0n) is 20.5. The van der Waals surface area contributed by atoms with Gasteiger partial charge in [-0.05, 0) is 41.7 Å². The largest absolute Gasteiger partial charge is 0.399 e. The molecule has 0 aliphatic rings. The van der Waals surface area contributed by atoms with Crippen LogP contribution in [0.4, 0.5) is 11.6 Å². The lowest BCUT2D eigenvalue weighted by molar-refractivity contribution is 0.272. The van der Waals surface area contributed by atoms with Crippen molar-refractivity contribution in [1.82, 2.24) is 15.0 Å². The number of aromatic nitrogens is 3. The van der Waals surface area contributed by atoms with Gasteiger partial charge in [0.15, 0.2) is 8.32 Å². The molecule has 2 heterocycles. The first-order valence-corrected chi connectivity index (χ1v) is 14.5. The lowest BCUT2D eigenvalue weighted by atomic mass is 9.99. The summed E-state index contributed by atoms with van der Waals surface area (Å²) in [6.07, 6.45) is 3.91. The Morgan fingerprint density at radius 1 is 1.00 bits per heavy atom. The summed E-state index contributed by atoms with van der Waals surface area (Å²) in [6.45, 7) is 14.2. The van der Waals surface area contributed by atoms with Crippen molar-refractivity contribution in [3.8, 4) is 11.1 Å². The molecule has 0 radical (unpaired) electrons. The average Bonchev–Trinajstić information content (AvgIpc) is 3.23. The summed E-state index contributed by atoms with van der Waals surface area (Å²) in [5.41, 5.74) is 4.08. The first-order valence-electron chi connectivity index (χ1n) is 11.6. The highest BCUT2D eigenvalue weighted by atomic mass is 28.4. The minimum atomic E-state index is -2.02. The molecule has 0 aliphatic heterocycles. The minimum absolute atomic E-state index is 0.129. The number of fused-ring (bicyclic) bond motifs is 1. The molecule has 0 bridgehead atoms. The van der Waals surface area contributed by atoms with Crippen molar-refractivity contribution >= 4 is 31.0 Å². The molecule has 4 aromatic rings. The molecule has 172 valence electrons. The summed E-state index contributed by atoms with van der Waals surface area (Å²) in [5, 5.41) is 1.14. The number of aromatic amines is 1. The summed E-state index contributed by atoms with van der Waals surface area (Å²) >= 11 is 0. The second-order valence-electron chi connectivity index (χ2n) is 9.92. The highest BCUT2D eigenvalue weighted by molar-refractivity contribution is 6.74. The molecule has 0 unspecified atom stereocenters. The van der Waals surface area contributed by atoms with E-state index in [9.17, 15) is 0 Å². The van der Waals surface area contributed by atoms with Crippen LogP contribution < -0.4 is 4.90 Å². The number of hydrogen-bond acceptors (Lipinski definition) is 4. The second-order valence-corrected chi connectivity index (χ2v) is 14.5. The van der Waals surface area contributed by atoms with E-state index in [1.165, 1.54) is 0 Å². The molecule has 0 spiro atoms. The zero-order valence-corrected chi connectivity index (χ0v) is 21.5. The SMILES string of the molecule is CC(C)C(C)(C)[Si](C)(C)OCN(c1ccccc1)c1ncc2c(-c3ccccc3)c[nH]c2n1. The van der Waals surface area contributed by atoms with E-state index < -0.39 is 8.32 Å². The fourth-order valence-corrected chi connectivity index (χ4v) is 6.06. The number of para-hydroxylation sites is 1. The van der Waals surface area contributed by atoms with Crippen molar-refractivity contribution in [2.75, 3.05) is 11.6 Å². The van der Waals surface area contributed by atoms with Crippen LogP contribution in [0.3, 0.4) is 0 Å². The number of anilines is 2. The lowest BCUT2D eigenvalue weighted by Gasteiger charge is -2.43. The Hall–Kier alpha value is -2.96. The second kappa shape index (κ2) is 9.12. The molecule has 5 nitrogen and oxygen atoms in total. The molecule has 0 amide bonds. The van der Waals surface area contributed by atoms with E-state index >= 15 is 0 Å². The van der Waals surface area contributed by atoms with Crippen molar-refractivity contribution in [2.45, 2.75) is 45.8 Å². The Balaban J connectivity index is 1.68. The van der Waals surface area contributed by atoms with Crippen molar-refractivity contribution in [2.24, 2.45) is 5.92 Å². The Kier molecular flexibility index (Phi) is 6.41. The van der Waals surface area contributed by atoms with Crippen LogP contribution in [-0.4, -0.2) is 30.0 Å². The molecule has 1 N–H and O–H groups in total. The third-order valence-electron chi connectivity index (χ3n) is 7.36. The predicted molar refractivity (Wildman–Crippen MR) is 140 cm³/mol. The van der Waals surface area contributed by atoms with Gasteiger partial charge in [0.25, 0.3) is 0 Å². The molecule has 0 atom stereocenters. The molecular weight excluding hydrogens is 424 g/mol. The first-order chi connectivity index (χ1) is 15.7. The van der Waals surface area contributed by atoms with Crippen molar-refractivity contribution < 1.29 is 4.43 Å². The van der Waals surface area contributed by atoms with Gasteiger partial charge in [0.1, 0.15) is 12.4 Å². The van der Waals surface area contributed by atoms with E-state index in [0.29, 0.717) is 18.6 Å². The quantitative estimate of drug-likeness (QED) is 0.221. The van der Waals surface area contributed by atoms with Gasteiger partial charge < -0.3 is 9.41 Å². The topological polar surface area (TPSA) is 54.0 Å². The van der Waals surface area contributed by atoms with Crippen molar-refractivity contribution in [1.29, 1.82) is 0 Å². The van der Waals surface area contributed by atoms with Crippen LogP contribution in [0.15, 0.2) is 73.1 Å². The lowest BCUT2D eigenvalue weighted by Crippen LogP contribution is -2.47. The maximum Gasteiger partial charge on any atom is 0.233 e. The highest BCUT2D eigenvalue weighted by Crippen LogP contribution is 2.45. The summed E-state index contributed by atoms with van der Waals surface area (Å²) < 4.78 is 6.69. The molecule has 2 aromatic carbocycles. The summed E-state index contributed by atoms with van der Waals surface area (Å²) in [7, 11) is -2.02. The van der Waals surface area contributed by atoms with Crippen molar-refractivity contribution in [3.63, 3.8) is 0 Å². The van der Waals surface area contributed by atoms with Gasteiger partial charge in [0, 0.05) is 29.0 Å². The molecule has 6 heteroatoms. The standard InChI is InChI=1S/C27H34N4OSi/c1-20(2)27(3,4)33(5,6)32-19-31(22-15-11-8-12-16-22)26-29-18-24-23(17-28-25(24)30-26)21-13-9-7-10-14-21/h7-18,20H,19H2,1-6H3,(H,28,29,30). The number of nitrogens with zero attached hydrogens (tertiary/aromatic N) is 3. The molecule has 33 heavy (non-hydrogen) atoms. The van der Waals surface area contributed by atoms with Crippen LogP contribution in [0.2, 0.25) is 18.1 Å². The van der Waals surface area contributed by atoms with Gasteiger partial charge in [-0.3, -0.25) is 4.90 Å². The third-order valence-corrected chi connectivity index (χ3v) is 11.9. The normalized spacial score (nSPS) is 12.5. The monoisotopic (exact) mass is 458 g/mol. The minimum Gasteiger partial charge on any atom is -0.399 e. The number of hydrogen-bond donors (Lipinski definition) is 1. The smallest absolute Gasteiger partial charge is 0.233 e. The molecule has 0 saturated heterocycles. The van der Waals surface area contributed by atoms with E-state index in [4.69, 9.17) is 14.4 Å². The molecule has 0 fully saturated rings. The first kappa shape index (κ1) is 23.2. The number of nitrogens with one attached hydrogen (secondary N) is 1. The number of H-pyrrole nitrogens is 1. The fraction of sp³-hybridized carbons (Fsp3) is 0.333. The predicted octanol–water partition coefficient (Wildman–Crippen LogP) is 7.38. The van der Waals surface area contributed by atoms with Gasteiger partial charge in [0.05, 0.1) is 0 Å². The van der Waals surface area contributed by atoms with Crippen LogP contribution in [0.25, 0.3) is 22.2 Å². The molecule has 0 aliphatic carbocycles. The van der Waals surface area contributed by atoms with Crippen LogP contribution >= 0.6 is 0 Å². The van der Waals surface area contributed by atoms with Gasteiger partial charge in [-0.25, -0.2) is 4.98 Å². The molecular formula is C27H34N4OSi. The van der Waals surface area contributed by atoms with Crippen molar-refractivity contribution in [3.05, 3.63) is 73.1 Å². The summed E-state index contributed by atoms with van der Waals surface area (Å²) in [4.78, 5) is 15.1. The van der Waals surface area contributed by atoms with Crippen LogP contribution in [0.1, 0.15) is 27.7 Å². The third kappa shape index (κ3) is 4.59. The maximum atomic E-state index is 6.69. The van der Waals surface area contributed by atoms with Gasteiger partial charge in [0.2, 0.25) is 5.95 Å². The van der Waals surface area contributed by atoms with E-state index in [0.717, 1.165) is 27.8 Å². The van der Waals surface area contributed by atoms with Gasteiger partial charge in [-0.2, -0.15) is 4.98 Å². The van der Waals surface area contributed by atoms with Gasteiger partial charge in [-0.15, -0.1) is 0 Å². The van der Waals surface area contributed by atoms with Crippen LogP contribution in [-0.2, 0) is 4.43 Å². The van der Waals surface area contributed by atoms with E-state index in [1.807, 2.05) is 48.8 Å². The summed E-state index contributed by atoms with van der Waals surface area (Å²) in [6, 6.07) is 20.5.